The quantitative estimate of drug-likeness (QED) is 0.109. The van der Waals surface area contributed by atoms with E-state index in [4.69, 9.17) is 4.74 Å². The van der Waals surface area contributed by atoms with E-state index in [2.05, 4.69) is 54.5 Å². The molecule has 298 valence electrons. The van der Waals surface area contributed by atoms with Gasteiger partial charge >= 0.3 is 12.2 Å². The number of benzene rings is 2. The van der Waals surface area contributed by atoms with Gasteiger partial charge in [0.1, 0.15) is 23.7 Å². The summed E-state index contributed by atoms with van der Waals surface area (Å²) < 4.78 is 4.80. The summed E-state index contributed by atoms with van der Waals surface area (Å²) in [5.41, 5.74) is 8.09. The average molecular weight is 794 g/mol. The van der Waals surface area contributed by atoms with Gasteiger partial charge < -0.3 is 34.9 Å². The lowest BCUT2D eigenvalue weighted by Gasteiger charge is -2.33. The summed E-state index contributed by atoms with van der Waals surface area (Å²) in [6.07, 6.45) is 5.17. The van der Waals surface area contributed by atoms with Gasteiger partial charge in [0.15, 0.2) is 0 Å². The van der Waals surface area contributed by atoms with Gasteiger partial charge in [0.2, 0.25) is 11.8 Å². The van der Waals surface area contributed by atoms with E-state index in [-0.39, 0.29) is 36.2 Å². The predicted octanol–water partition coefficient (Wildman–Crippen LogP) is 6.52. The first-order valence-electron chi connectivity index (χ1n) is 19.1. The molecule has 2 aliphatic rings. The third-order valence-corrected chi connectivity index (χ3v) is 11.5. The number of carbonyl (C=O) groups is 4. The molecule has 0 bridgehead atoms. The van der Waals surface area contributed by atoms with Crippen LogP contribution >= 0.6 is 11.3 Å². The Morgan fingerprint density at radius 3 is 1.81 bits per heavy atom. The standard InChI is InChI=1S/C41H47N9O6S/c1-24(2)35(48(3)41(54)55)39(52)50-18-6-8-34(50)37-43-21-32(46-37)28-15-11-26(12-16-28)25-9-13-27(14-10-25)31-20-42-36(45-31)33-7-5-17-49(33)38(51)30(47-40(53)56-4)19-29-22-57-23-44-29/h9-16,20-24,30,33-35H,5-8,17-19H2,1-4H3,(H,42,45)(H,43,46)(H,47,53)(H,54,55)/t30-,33-,34-,35-/m0/s1. The van der Waals surface area contributed by atoms with Crippen molar-refractivity contribution in [2.45, 2.75) is 70.1 Å². The molecule has 15 nitrogen and oxygen atoms in total. The second-order valence-corrected chi connectivity index (χ2v) is 15.6. The molecule has 0 spiro atoms. The van der Waals surface area contributed by atoms with Crippen molar-refractivity contribution in [3.05, 3.63) is 89.2 Å². The minimum Gasteiger partial charge on any atom is -0.465 e. The van der Waals surface area contributed by atoms with E-state index in [1.165, 1.54) is 25.5 Å². The van der Waals surface area contributed by atoms with Gasteiger partial charge in [-0.05, 0) is 53.9 Å². The van der Waals surface area contributed by atoms with Crippen LogP contribution in [0.2, 0.25) is 0 Å². The average Bonchev–Trinajstić information content (AvgIpc) is 4.07. The number of aromatic nitrogens is 5. The predicted molar refractivity (Wildman–Crippen MR) is 214 cm³/mol. The smallest absolute Gasteiger partial charge is 0.407 e. The van der Waals surface area contributed by atoms with Crippen LogP contribution in [-0.2, 0) is 20.7 Å². The van der Waals surface area contributed by atoms with Crippen LogP contribution in [0.1, 0.15) is 69.0 Å². The first-order valence-corrected chi connectivity index (χ1v) is 20.1. The lowest BCUT2D eigenvalue weighted by atomic mass is 10.0. The number of imidazole rings is 2. The van der Waals surface area contributed by atoms with Crippen molar-refractivity contribution in [1.82, 2.24) is 44.9 Å². The molecule has 3 aromatic heterocycles. The molecular formula is C41H47N9O6S. The Labute approximate surface area is 334 Å². The molecule has 7 rings (SSSR count). The monoisotopic (exact) mass is 793 g/mol. The molecule has 16 heteroatoms. The fourth-order valence-corrected chi connectivity index (χ4v) is 8.53. The zero-order valence-electron chi connectivity index (χ0n) is 32.3. The lowest BCUT2D eigenvalue weighted by Crippen LogP contribution is -2.51. The van der Waals surface area contributed by atoms with Crippen LogP contribution in [0.4, 0.5) is 9.59 Å². The minimum atomic E-state index is -1.13. The number of likely N-dealkylation sites (N-methyl/N-ethyl adjacent to an activating group) is 1. The van der Waals surface area contributed by atoms with Crippen LogP contribution in [0.3, 0.4) is 0 Å². The summed E-state index contributed by atoms with van der Waals surface area (Å²) >= 11 is 1.43. The Morgan fingerprint density at radius 2 is 1.35 bits per heavy atom. The summed E-state index contributed by atoms with van der Waals surface area (Å²) in [6.45, 7) is 4.83. The molecule has 0 saturated carbocycles. The summed E-state index contributed by atoms with van der Waals surface area (Å²) in [5.74, 6) is 0.809. The van der Waals surface area contributed by atoms with Gasteiger partial charge in [0.25, 0.3) is 0 Å². The molecule has 0 unspecified atom stereocenters. The number of thiazole rings is 1. The van der Waals surface area contributed by atoms with Crippen molar-refractivity contribution in [3.8, 4) is 33.6 Å². The largest absolute Gasteiger partial charge is 0.465 e. The van der Waals surface area contributed by atoms with Gasteiger partial charge in [-0.2, -0.15) is 0 Å². The summed E-state index contributed by atoms with van der Waals surface area (Å²) in [7, 11) is 2.72. The number of ether oxygens (including phenoxy) is 1. The highest BCUT2D eigenvalue weighted by Gasteiger charge is 2.40. The molecule has 2 saturated heterocycles. The van der Waals surface area contributed by atoms with Gasteiger partial charge in [-0.3, -0.25) is 14.5 Å². The van der Waals surface area contributed by atoms with E-state index in [0.29, 0.717) is 24.7 Å². The number of alkyl carbamates (subject to hydrolysis) is 1. The molecule has 4 N–H and O–H groups in total. The van der Waals surface area contributed by atoms with Crippen molar-refractivity contribution < 1.29 is 29.0 Å². The molecule has 2 aliphatic heterocycles. The molecule has 5 heterocycles. The van der Waals surface area contributed by atoms with Crippen molar-refractivity contribution in [2.24, 2.45) is 5.92 Å². The Hall–Kier alpha value is -6.03. The highest BCUT2D eigenvalue weighted by atomic mass is 32.1. The number of hydrogen-bond acceptors (Lipinski definition) is 9. The van der Waals surface area contributed by atoms with Gasteiger partial charge in [-0.15, -0.1) is 11.3 Å². The summed E-state index contributed by atoms with van der Waals surface area (Å²) in [5, 5.41) is 14.1. The molecule has 57 heavy (non-hydrogen) atoms. The normalized spacial score (nSPS) is 17.8. The molecule has 2 fully saturated rings. The Bertz CT molecular complexity index is 2180. The van der Waals surface area contributed by atoms with Crippen molar-refractivity contribution in [3.63, 3.8) is 0 Å². The third kappa shape index (κ3) is 8.40. The Balaban J connectivity index is 1.00. The maximum atomic E-state index is 13.8. The lowest BCUT2D eigenvalue weighted by molar-refractivity contribution is -0.138. The van der Waals surface area contributed by atoms with Crippen LogP contribution in [0, 0.1) is 5.92 Å². The van der Waals surface area contributed by atoms with Crippen LogP contribution in [0.25, 0.3) is 33.6 Å². The van der Waals surface area contributed by atoms with Crippen LogP contribution < -0.4 is 5.32 Å². The van der Waals surface area contributed by atoms with Gasteiger partial charge in [0.05, 0.1) is 54.2 Å². The number of rotatable bonds is 12. The number of methoxy groups -OCH3 is 1. The van der Waals surface area contributed by atoms with E-state index >= 15 is 0 Å². The first kappa shape index (κ1) is 39.2. The minimum absolute atomic E-state index is 0.175. The zero-order chi connectivity index (χ0) is 40.2. The van der Waals surface area contributed by atoms with Crippen LogP contribution in [0.5, 0.6) is 0 Å². The molecular weight excluding hydrogens is 747 g/mol. The van der Waals surface area contributed by atoms with E-state index in [0.717, 1.165) is 69.9 Å². The zero-order valence-corrected chi connectivity index (χ0v) is 33.2. The fraction of sp³-hybridized carbons (Fsp3) is 0.390. The third-order valence-electron chi connectivity index (χ3n) is 10.9. The molecule has 2 aromatic carbocycles. The number of carbonyl (C=O) groups excluding carboxylic acids is 3. The molecule has 5 aromatic rings. The van der Waals surface area contributed by atoms with Gasteiger partial charge in [0, 0.05) is 31.9 Å². The highest BCUT2D eigenvalue weighted by Crippen LogP contribution is 2.35. The van der Waals surface area contributed by atoms with E-state index in [9.17, 15) is 24.3 Å². The SMILES string of the molecule is COC(=O)N[C@@H](Cc1cscn1)C(=O)N1CCC[C@H]1c1ncc(-c2ccc(-c3ccc(-c4cnc([C@@H]5CCCN5C(=O)[C@H](C(C)C)N(C)C(=O)O)[nH]4)cc3)cc2)[nH]1. The highest BCUT2D eigenvalue weighted by molar-refractivity contribution is 7.07. The number of amides is 4. The first-order chi connectivity index (χ1) is 27.5. The van der Waals surface area contributed by atoms with Crippen molar-refractivity contribution in [1.29, 1.82) is 0 Å². The maximum absolute atomic E-state index is 13.8. The maximum Gasteiger partial charge on any atom is 0.407 e. The second kappa shape index (κ2) is 17.0. The molecule has 4 amide bonds. The molecule has 0 aliphatic carbocycles. The van der Waals surface area contributed by atoms with E-state index in [1.807, 2.05) is 43.5 Å². The number of hydrogen-bond donors (Lipinski definition) is 4. The summed E-state index contributed by atoms with van der Waals surface area (Å²) in [4.78, 5) is 76.4. The molecule has 4 atom stereocenters. The fourth-order valence-electron chi connectivity index (χ4n) is 7.96. The van der Waals surface area contributed by atoms with Crippen molar-refractivity contribution in [2.75, 3.05) is 27.2 Å². The number of H-pyrrole nitrogens is 2. The Kier molecular flexibility index (Phi) is 11.7. The Morgan fingerprint density at radius 1 is 0.842 bits per heavy atom. The van der Waals surface area contributed by atoms with Crippen LogP contribution in [-0.4, -0.2) is 108 Å². The number of likely N-dealkylation sites (tertiary alicyclic amines) is 2. The van der Waals surface area contributed by atoms with Crippen LogP contribution in [0.15, 0.2) is 71.8 Å². The molecule has 0 radical (unpaired) electrons. The van der Waals surface area contributed by atoms with E-state index < -0.39 is 24.3 Å². The number of nitrogens with zero attached hydrogens (tertiary/aromatic N) is 6. The van der Waals surface area contributed by atoms with Gasteiger partial charge in [-0.1, -0.05) is 62.4 Å². The van der Waals surface area contributed by atoms with Gasteiger partial charge in [-0.25, -0.2) is 24.5 Å². The number of aromatic amines is 2. The van der Waals surface area contributed by atoms with Crippen molar-refractivity contribution >= 4 is 35.3 Å². The topological polar surface area (TPSA) is 190 Å². The number of carboxylic acid groups (broad SMARTS) is 1. The second-order valence-electron chi connectivity index (χ2n) is 14.9. The van der Waals surface area contributed by atoms with E-state index in [1.54, 1.807) is 27.7 Å². The summed E-state index contributed by atoms with van der Waals surface area (Å²) in [6, 6.07) is 14.3. The number of nitrogens with one attached hydrogen (secondary N) is 3.